The molecule has 0 aromatic carbocycles. The average Bonchev–Trinajstić information content (AvgIpc) is 2.86. The standard InChI is InChI=1S/C24H46O11/c1-2-3-4-5-6-7-8-9-10-11-12-32-23-21(31)19(29)22(16(14-26)34-23)35-24-20(30)18(28)17(27)15(13-25)33-24/h15-31H,2-14H2,1H3/t15-,16-,17-,18+,19-,20-,21-,22-,23+,24-/m1/s1. The van der Waals surface area contributed by atoms with Crippen LogP contribution in [-0.2, 0) is 18.9 Å². The first kappa shape index (κ1) is 30.8. The Kier molecular flexibility index (Phi) is 14.4. The molecule has 0 bridgehead atoms. The van der Waals surface area contributed by atoms with Crippen molar-refractivity contribution in [1.82, 2.24) is 0 Å². The van der Waals surface area contributed by atoms with Crippen LogP contribution in [0.2, 0.25) is 0 Å². The van der Waals surface area contributed by atoms with Crippen molar-refractivity contribution in [3.63, 3.8) is 0 Å². The van der Waals surface area contributed by atoms with Gasteiger partial charge < -0.3 is 54.7 Å². The molecule has 35 heavy (non-hydrogen) atoms. The molecule has 2 aliphatic heterocycles. The summed E-state index contributed by atoms with van der Waals surface area (Å²) in [4.78, 5) is 0. The van der Waals surface area contributed by atoms with Gasteiger partial charge in [0.25, 0.3) is 0 Å². The van der Waals surface area contributed by atoms with E-state index in [0.29, 0.717) is 6.61 Å². The molecule has 2 saturated heterocycles. The second-order valence-corrected chi connectivity index (χ2v) is 9.56. The van der Waals surface area contributed by atoms with Gasteiger partial charge in [-0.3, -0.25) is 0 Å². The van der Waals surface area contributed by atoms with Gasteiger partial charge >= 0.3 is 0 Å². The minimum atomic E-state index is -1.69. The molecule has 7 N–H and O–H groups in total. The van der Waals surface area contributed by atoms with E-state index >= 15 is 0 Å². The van der Waals surface area contributed by atoms with Crippen LogP contribution in [-0.4, -0.2) is 117 Å². The number of rotatable bonds is 16. The van der Waals surface area contributed by atoms with Crippen molar-refractivity contribution in [3.05, 3.63) is 0 Å². The molecule has 0 aliphatic carbocycles. The van der Waals surface area contributed by atoms with Crippen LogP contribution >= 0.6 is 0 Å². The van der Waals surface area contributed by atoms with E-state index in [-0.39, 0.29) is 0 Å². The van der Waals surface area contributed by atoms with Crippen LogP contribution in [0.4, 0.5) is 0 Å². The first-order valence-corrected chi connectivity index (χ1v) is 13.1. The van der Waals surface area contributed by atoms with Crippen LogP contribution in [0, 0.1) is 0 Å². The van der Waals surface area contributed by atoms with E-state index < -0.39 is 74.6 Å². The molecule has 0 aromatic heterocycles. The zero-order valence-corrected chi connectivity index (χ0v) is 20.7. The predicted molar refractivity (Wildman–Crippen MR) is 124 cm³/mol. The summed E-state index contributed by atoms with van der Waals surface area (Å²) in [6, 6.07) is 0. The molecule has 11 nitrogen and oxygen atoms in total. The highest BCUT2D eigenvalue weighted by atomic mass is 16.7. The van der Waals surface area contributed by atoms with Gasteiger partial charge in [-0.15, -0.1) is 0 Å². The normalized spacial score (nSPS) is 38.1. The quantitative estimate of drug-likeness (QED) is 0.134. The molecule has 0 unspecified atom stereocenters. The fourth-order valence-corrected chi connectivity index (χ4v) is 4.48. The largest absolute Gasteiger partial charge is 0.394 e. The minimum Gasteiger partial charge on any atom is -0.394 e. The first-order valence-electron chi connectivity index (χ1n) is 13.1. The molecule has 11 heteroatoms. The van der Waals surface area contributed by atoms with E-state index in [9.17, 15) is 35.7 Å². The topological polar surface area (TPSA) is 179 Å². The van der Waals surface area contributed by atoms with Gasteiger partial charge in [0.05, 0.1) is 13.2 Å². The van der Waals surface area contributed by atoms with Crippen LogP contribution in [0.15, 0.2) is 0 Å². The van der Waals surface area contributed by atoms with Gasteiger partial charge in [-0.2, -0.15) is 0 Å². The Hall–Kier alpha value is -0.440. The third-order valence-corrected chi connectivity index (χ3v) is 6.74. The highest BCUT2D eigenvalue weighted by Crippen LogP contribution is 2.29. The third-order valence-electron chi connectivity index (χ3n) is 6.74. The Morgan fingerprint density at radius 1 is 0.571 bits per heavy atom. The summed E-state index contributed by atoms with van der Waals surface area (Å²) >= 11 is 0. The molecule has 0 radical (unpaired) electrons. The first-order chi connectivity index (χ1) is 16.8. The minimum absolute atomic E-state index is 0.321. The number of aliphatic hydroxyl groups excluding tert-OH is 7. The molecule has 2 rings (SSSR count). The van der Waals surface area contributed by atoms with Gasteiger partial charge in [-0.05, 0) is 6.42 Å². The van der Waals surface area contributed by atoms with Gasteiger partial charge in [-0.1, -0.05) is 64.7 Å². The zero-order valence-electron chi connectivity index (χ0n) is 20.7. The Bertz CT molecular complexity index is 550. The Morgan fingerprint density at radius 3 is 1.66 bits per heavy atom. The smallest absolute Gasteiger partial charge is 0.187 e. The molecule has 0 spiro atoms. The fourth-order valence-electron chi connectivity index (χ4n) is 4.48. The molecular formula is C24H46O11. The monoisotopic (exact) mass is 510 g/mol. The van der Waals surface area contributed by atoms with Crippen molar-refractivity contribution in [2.24, 2.45) is 0 Å². The number of aliphatic hydroxyl groups is 7. The van der Waals surface area contributed by atoms with Crippen molar-refractivity contribution in [1.29, 1.82) is 0 Å². The lowest BCUT2D eigenvalue weighted by molar-refractivity contribution is -0.359. The lowest BCUT2D eigenvalue weighted by Crippen LogP contribution is -2.64. The predicted octanol–water partition coefficient (Wildman–Crippen LogP) is -0.452. The highest BCUT2D eigenvalue weighted by molar-refractivity contribution is 4.94. The van der Waals surface area contributed by atoms with E-state index in [1.54, 1.807) is 0 Å². The molecule has 0 saturated carbocycles. The molecule has 208 valence electrons. The van der Waals surface area contributed by atoms with Gasteiger partial charge in [-0.25, -0.2) is 0 Å². The number of ether oxygens (including phenoxy) is 4. The van der Waals surface area contributed by atoms with E-state index in [1.807, 2.05) is 0 Å². The van der Waals surface area contributed by atoms with Gasteiger partial charge in [0, 0.05) is 6.61 Å². The maximum Gasteiger partial charge on any atom is 0.187 e. The van der Waals surface area contributed by atoms with Crippen molar-refractivity contribution in [3.8, 4) is 0 Å². The zero-order chi connectivity index (χ0) is 25.8. The molecule has 0 amide bonds. The summed E-state index contributed by atoms with van der Waals surface area (Å²) in [5.41, 5.74) is 0. The lowest BCUT2D eigenvalue weighted by atomic mass is 9.97. The maximum atomic E-state index is 10.6. The third kappa shape index (κ3) is 9.11. The summed E-state index contributed by atoms with van der Waals surface area (Å²) < 4.78 is 22.0. The molecular weight excluding hydrogens is 464 g/mol. The van der Waals surface area contributed by atoms with E-state index in [0.717, 1.165) is 19.3 Å². The van der Waals surface area contributed by atoms with Crippen molar-refractivity contribution in [2.45, 2.75) is 133 Å². The molecule has 2 heterocycles. The summed E-state index contributed by atoms with van der Waals surface area (Å²) in [6.45, 7) is 1.31. The van der Waals surface area contributed by atoms with Crippen LogP contribution < -0.4 is 0 Å². The molecule has 0 aromatic rings. The van der Waals surface area contributed by atoms with Crippen LogP contribution in [0.3, 0.4) is 0 Å². The second-order valence-electron chi connectivity index (χ2n) is 9.56. The number of hydrogen-bond acceptors (Lipinski definition) is 11. The van der Waals surface area contributed by atoms with E-state index in [2.05, 4.69) is 6.92 Å². The average molecular weight is 511 g/mol. The van der Waals surface area contributed by atoms with E-state index in [1.165, 1.54) is 44.9 Å². The molecule has 2 fully saturated rings. The van der Waals surface area contributed by atoms with Gasteiger partial charge in [0.15, 0.2) is 12.6 Å². The van der Waals surface area contributed by atoms with Crippen LogP contribution in [0.25, 0.3) is 0 Å². The van der Waals surface area contributed by atoms with Crippen molar-refractivity contribution in [2.75, 3.05) is 19.8 Å². The summed E-state index contributed by atoms with van der Waals surface area (Å²) in [5, 5.41) is 70.1. The van der Waals surface area contributed by atoms with E-state index in [4.69, 9.17) is 18.9 Å². The van der Waals surface area contributed by atoms with Gasteiger partial charge in [0.1, 0.15) is 48.8 Å². The maximum absolute atomic E-state index is 10.6. The van der Waals surface area contributed by atoms with Crippen molar-refractivity contribution < 1.29 is 54.7 Å². The molecule has 10 atom stereocenters. The SMILES string of the molecule is CCCCCCCCCCCCO[C@H]1O[C@H](CO)[C@@H](O[C@H]2O[C@H](CO)[C@@H](O)[C@H](O)[C@H]2O)[C@H](O)[C@H]1O. The summed E-state index contributed by atoms with van der Waals surface area (Å²) in [7, 11) is 0. The van der Waals surface area contributed by atoms with Gasteiger partial charge in [0.2, 0.25) is 0 Å². The summed E-state index contributed by atoms with van der Waals surface area (Å²) in [6.07, 6.45) is -2.63. The number of unbranched alkanes of at least 4 members (excludes halogenated alkanes) is 9. The highest BCUT2D eigenvalue weighted by Gasteiger charge is 2.50. The Morgan fingerprint density at radius 2 is 1.09 bits per heavy atom. The van der Waals surface area contributed by atoms with Crippen molar-refractivity contribution >= 4 is 0 Å². The Balaban J connectivity index is 1.74. The van der Waals surface area contributed by atoms with Crippen LogP contribution in [0.1, 0.15) is 71.1 Å². The molecule has 2 aliphatic rings. The fraction of sp³-hybridized carbons (Fsp3) is 1.00. The summed E-state index contributed by atoms with van der Waals surface area (Å²) in [5.74, 6) is 0. The number of hydrogen-bond donors (Lipinski definition) is 7. The lowest BCUT2D eigenvalue weighted by Gasteiger charge is -2.45. The second kappa shape index (κ2) is 16.4. The Labute approximate surface area is 207 Å². The van der Waals surface area contributed by atoms with Crippen LogP contribution in [0.5, 0.6) is 0 Å².